The summed E-state index contributed by atoms with van der Waals surface area (Å²) in [6, 6.07) is 4.39. The average molecular weight is 352 g/mol. The van der Waals surface area contributed by atoms with E-state index in [1.54, 1.807) is 0 Å². The van der Waals surface area contributed by atoms with Crippen LogP contribution >= 0.6 is 15.9 Å². The Morgan fingerprint density at radius 2 is 2.10 bits per heavy atom. The molecule has 1 saturated carbocycles. The van der Waals surface area contributed by atoms with Crippen molar-refractivity contribution in [2.75, 3.05) is 6.61 Å². The van der Waals surface area contributed by atoms with Crippen molar-refractivity contribution in [2.24, 2.45) is 11.7 Å². The number of hydrogen-bond acceptors (Lipinski definition) is 2. The summed E-state index contributed by atoms with van der Waals surface area (Å²) in [5, 5.41) is 0. The first-order chi connectivity index (χ1) is 10.1. The molecular formula is C18H26BrNO. The predicted molar refractivity (Wildman–Crippen MR) is 90.8 cm³/mol. The lowest BCUT2D eigenvalue weighted by molar-refractivity contribution is 0.221. The van der Waals surface area contributed by atoms with Crippen molar-refractivity contribution in [3.8, 4) is 5.75 Å². The summed E-state index contributed by atoms with van der Waals surface area (Å²) in [6.45, 7) is 3.10. The molecule has 1 aliphatic heterocycles. The molecule has 0 amide bonds. The highest BCUT2D eigenvalue weighted by Gasteiger charge is 2.33. The van der Waals surface area contributed by atoms with E-state index >= 15 is 0 Å². The Morgan fingerprint density at radius 3 is 2.81 bits per heavy atom. The van der Waals surface area contributed by atoms with Crippen LogP contribution in [0.5, 0.6) is 5.75 Å². The number of nitrogens with two attached hydrogens (primary N) is 1. The zero-order valence-corrected chi connectivity index (χ0v) is 14.5. The summed E-state index contributed by atoms with van der Waals surface area (Å²) in [6.07, 6.45) is 9.53. The molecule has 116 valence electrons. The number of halogens is 1. The summed E-state index contributed by atoms with van der Waals surface area (Å²) in [5.41, 5.74) is 9.32. The lowest BCUT2D eigenvalue weighted by Crippen LogP contribution is -2.45. The van der Waals surface area contributed by atoms with Crippen LogP contribution in [-0.4, -0.2) is 12.1 Å². The molecular weight excluding hydrogens is 326 g/mol. The molecule has 1 aromatic rings. The van der Waals surface area contributed by atoms with Gasteiger partial charge in [0, 0.05) is 16.4 Å². The van der Waals surface area contributed by atoms with Gasteiger partial charge in [0.1, 0.15) is 5.75 Å². The van der Waals surface area contributed by atoms with Gasteiger partial charge in [0.25, 0.3) is 0 Å². The van der Waals surface area contributed by atoms with E-state index in [1.165, 1.54) is 36.8 Å². The Bertz CT molecular complexity index is 506. The first kappa shape index (κ1) is 15.4. The van der Waals surface area contributed by atoms with Gasteiger partial charge in [0.05, 0.1) is 6.61 Å². The first-order valence-electron chi connectivity index (χ1n) is 8.32. The number of fused-ring (bicyclic) bond motifs is 1. The Morgan fingerprint density at radius 1 is 1.33 bits per heavy atom. The summed E-state index contributed by atoms with van der Waals surface area (Å²) in [7, 11) is 0. The Kier molecular flexibility index (Phi) is 4.60. The fourth-order valence-corrected chi connectivity index (χ4v) is 4.54. The Balaban J connectivity index is 1.72. The van der Waals surface area contributed by atoms with Gasteiger partial charge in [-0.05, 0) is 61.3 Å². The van der Waals surface area contributed by atoms with Gasteiger partial charge in [-0.1, -0.05) is 35.7 Å². The molecule has 2 N–H and O–H groups in total. The minimum Gasteiger partial charge on any atom is -0.493 e. The summed E-state index contributed by atoms with van der Waals surface area (Å²) in [4.78, 5) is 0. The molecule has 0 aromatic heterocycles. The van der Waals surface area contributed by atoms with Crippen molar-refractivity contribution in [1.29, 1.82) is 0 Å². The third-order valence-corrected chi connectivity index (χ3v) is 5.62. The maximum Gasteiger partial charge on any atom is 0.125 e. The van der Waals surface area contributed by atoms with E-state index in [0.29, 0.717) is 0 Å². The normalized spacial score (nSPS) is 28.2. The molecule has 0 atom stereocenters. The Labute approximate surface area is 136 Å². The van der Waals surface area contributed by atoms with Gasteiger partial charge in [-0.15, -0.1) is 0 Å². The van der Waals surface area contributed by atoms with Crippen molar-refractivity contribution in [3.63, 3.8) is 0 Å². The summed E-state index contributed by atoms with van der Waals surface area (Å²) in [5.74, 6) is 2.01. The van der Waals surface area contributed by atoms with Gasteiger partial charge in [-0.2, -0.15) is 0 Å². The second-order valence-electron chi connectivity index (χ2n) is 6.92. The van der Waals surface area contributed by atoms with Gasteiger partial charge in [0.15, 0.2) is 0 Å². The maximum absolute atomic E-state index is 6.72. The van der Waals surface area contributed by atoms with E-state index in [1.807, 2.05) is 0 Å². The monoisotopic (exact) mass is 351 g/mol. The van der Waals surface area contributed by atoms with Crippen LogP contribution in [0, 0.1) is 5.92 Å². The molecule has 21 heavy (non-hydrogen) atoms. The van der Waals surface area contributed by atoms with E-state index in [4.69, 9.17) is 10.5 Å². The van der Waals surface area contributed by atoms with Crippen LogP contribution < -0.4 is 10.5 Å². The highest BCUT2D eigenvalue weighted by atomic mass is 79.9. The molecule has 2 aliphatic rings. The zero-order valence-electron chi connectivity index (χ0n) is 13.0. The quantitative estimate of drug-likeness (QED) is 0.859. The van der Waals surface area contributed by atoms with E-state index in [0.717, 1.165) is 48.4 Å². The molecule has 0 saturated heterocycles. The molecule has 1 aliphatic carbocycles. The Hall–Kier alpha value is -0.540. The van der Waals surface area contributed by atoms with Gasteiger partial charge in [-0.25, -0.2) is 0 Å². The molecule has 0 bridgehead atoms. The van der Waals surface area contributed by atoms with Gasteiger partial charge < -0.3 is 10.5 Å². The fraction of sp³-hybridized carbons (Fsp3) is 0.667. The number of ether oxygens (including phenoxy) is 1. The fourth-order valence-electron chi connectivity index (χ4n) is 3.98. The van der Waals surface area contributed by atoms with E-state index in [-0.39, 0.29) is 5.54 Å². The van der Waals surface area contributed by atoms with E-state index in [9.17, 15) is 0 Å². The smallest absolute Gasteiger partial charge is 0.125 e. The summed E-state index contributed by atoms with van der Waals surface area (Å²) >= 11 is 3.63. The number of benzene rings is 1. The first-order valence-corrected chi connectivity index (χ1v) is 9.12. The third-order valence-electron chi connectivity index (χ3n) is 5.17. The van der Waals surface area contributed by atoms with Crippen LogP contribution in [-0.2, 0) is 12.8 Å². The molecule has 0 radical (unpaired) electrons. The van der Waals surface area contributed by atoms with E-state index in [2.05, 4.69) is 35.0 Å². The van der Waals surface area contributed by atoms with Crippen LogP contribution in [0.3, 0.4) is 0 Å². The molecule has 1 heterocycles. The predicted octanol–water partition coefficient (Wildman–Crippen LogP) is 4.61. The molecule has 0 unspecified atom stereocenters. The minimum atomic E-state index is -0.0369. The van der Waals surface area contributed by atoms with Crippen molar-refractivity contribution in [1.82, 2.24) is 0 Å². The topological polar surface area (TPSA) is 35.2 Å². The molecule has 1 aromatic carbocycles. The lowest BCUT2D eigenvalue weighted by Gasteiger charge is -2.37. The summed E-state index contributed by atoms with van der Waals surface area (Å²) < 4.78 is 7.01. The van der Waals surface area contributed by atoms with Crippen LogP contribution in [0.2, 0.25) is 0 Å². The van der Waals surface area contributed by atoms with Crippen LogP contribution in [0.25, 0.3) is 0 Å². The van der Waals surface area contributed by atoms with Gasteiger partial charge >= 0.3 is 0 Å². The maximum atomic E-state index is 6.72. The standard InChI is InChI=1S/C18H26BrNO/c1-2-3-13-4-7-18(20,8-5-13)12-15-11-16(19)10-14-6-9-21-17(14)15/h10-11,13H,2-9,12,20H2,1H3. The minimum absolute atomic E-state index is 0.0369. The van der Waals surface area contributed by atoms with Crippen LogP contribution in [0.4, 0.5) is 0 Å². The van der Waals surface area contributed by atoms with Crippen molar-refractivity contribution >= 4 is 15.9 Å². The average Bonchev–Trinajstić information content (AvgIpc) is 2.90. The van der Waals surface area contributed by atoms with Gasteiger partial charge in [-0.3, -0.25) is 0 Å². The third kappa shape index (κ3) is 3.45. The largest absolute Gasteiger partial charge is 0.493 e. The molecule has 3 rings (SSSR count). The molecule has 2 nitrogen and oxygen atoms in total. The van der Waals surface area contributed by atoms with Crippen LogP contribution in [0.1, 0.15) is 56.6 Å². The number of rotatable bonds is 4. The molecule has 1 fully saturated rings. The second-order valence-corrected chi connectivity index (χ2v) is 7.84. The van der Waals surface area contributed by atoms with E-state index < -0.39 is 0 Å². The SMILES string of the molecule is CCCC1CCC(N)(Cc2cc(Br)cc3c2OCC3)CC1. The highest BCUT2D eigenvalue weighted by molar-refractivity contribution is 9.10. The number of hydrogen-bond donors (Lipinski definition) is 1. The van der Waals surface area contributed by atoms with Crippen molar-refractivity contribution in [2.45, 2.75) is 63.8 Å². The van der Waals surface area contributed by atoms with Gasteiger partial charge in [0.2, 0.25) is 0 Å². The van der Waals surface area contributed by atoms with Crippen molar-refractivity contribution in [3.05, 3.63) is 27.7 Å². The molecule has 0 spiro atoms. The second kappa shape index (κ2) is 6.29. The zero-order chi connectivity index (χ0) is 14.9. The van der Waals surface area contributed by atoms with Crippen LogP contribution in [0.15, 0.2) is 16.6 Å². The van der Waals surface area contributed by atoms with Crippen molar-refractivity contribution < 1.29 is 4.74 Å². The highest BCUT2D eigenvalue weighted by Crippen LogP contribution is 2.39. The lowest BCUT2D eigenvalue weighted by atomic mass is 9.73. The molecule has 3 heteroatoms.